The molecule has 2 amide bonds. The van der Waals surface area contributed by atoms with E-state index in [1.165, 1.54) is 6.08 Å². The van der Waals surface area contributed by atoms with Gasteiger partial charge in [0.05, 0.1) is 10.6 Å². The van der Waals surface area contributed by atoms with Crippen LogP contribution in [0.25, 0.3) is 10.6 Å². The van der Waals surface area contributed by atoms with E-state index in [1.807, 2.05) is 17.5 Å². The lowest BCUT2D eigenvalue weighted by molar-refractivity contribution is -0.116. The van der Waals surface area contributed by atoms with Crippen LogP contribution < -0.4 is 10.6 Å². The van der Waals surface area contributed by atoms with Crippen LogP contribution in [0.2, 0.25) is 0 Å². The number of likely N-dealkylation sites (N-methyl/N-ethyl adjacent to an activating group) is 1. The molecule has 0 saturated carbocycles. The molecule has 2 aromatic rings. The summed E-state index contributed by atoms with van der Waals surface area (Å²) >= 11 is 1.57. The Morgan fingerprint density at radius 3 is 3.05 bits per heavy atom. The molecule has 0 saturated heterocycles. The first-order chi connectivity index (χ1) is 9.70. The smallest absolute Gasteiger partial charge is 0.272 e. The third-order valence-electron chi connectivity index (χ3n) is 2.49. The molecule has 104 valence electrons. The lowest BCUT2D eigenvalue weighted by atomic mass is 10.3. The number of aromatic nitrogens is 2. The van der Waals surface area contributed by atoms with Gasteiger partial charge in [0.25, 0.3) is 5.91 Å². The number of rotatable bonds is 5. The number of hydrogen-bond donors (Lipinski definition) is 3. The summed E-state index contributed by atoms with van der Waals surface area (Å²) in [5.74, 6) is -0.496. The fourth-order valence-corrected chi connectivity index (χ4v) is 2.18. The first-order valence-electron chi connectivity index (χ1n) is 5.96. The Morgan fingerprint density at radius 2 is 2.35 bits per heavy atom. The minimum atomic E-state index is -0.286. The molecule has 0 aliphatic carbocycles. The van der Waals surface area contributed by atoms with Gasteiger partial charge in [-0.15, -0.1) is 11.3 Å². The van der Waals surface area contributed by atoms with Crippen LogP contribution in [-0.2, 0) is 4.79 Å². The van der Waals surface area contributed by atoms with Crippen molar-refractivity contribution in [1.82, 2.24) is 20.8 Å². The van der Waals surface area contributed by atoms with E-state index >= 15 is 0 Å². The molecule has 0 bridgehead atoms. The van der Waals surface area contributed by atoms with Crippen molar-refractivity contribution in [3.8, 4) is 10.6 Å². The molecular formula is C13H14N4O2S. The van der Waals surface area contributed by atoms with Gasteiger partial charge in [-0.3, -0.25) is 14.7 Å². The highest BCUT2D eigenvalue weighted by Crippen LogP contribution is 2.22. The molecule has 0 aromatic carbocycles. The Balaban J connectivity index is 1.90. The van der Waals surface area contributed by atoms with Crippen LogP contribution in [0.15, 0.2) is 35.7 Å². The molecule has 7 heteroatoms. The predicted molar refractivity (Wildman–Crippen MR) is 77.4 cm³/mol. The lowest BCUT2D eigenvalue weighted by Gasteiger charge is -1.97. The minimum Gasteiger partial charge on any atom is -0.356 e. The largest absolute Gasteiger partial charge is 0.356 e. The van der Waals surface area contributed by atoms with Crippen molar-refractivity contribution in [2.75, 3.05) is 13.6 Å². The summed E-state index contributed by atoms with van der Waals surface area (Å²) in [4.78, 5) is 23.8. The van der Waals surface area contributed by atoms with E-state index in [0.717, 1.165) is 10.6 Å². The summed E-state index contributed by atoms with van der Waals surface area (Å²) in [5, 5.41) is 13.9. The number of amides is 2. The molecule has 0 unspecified atom stereocenters. The van der Waals surface area contributed by atoms with E-state index in [2.05, 4.69) is 20.8 Å². The van der Waals surface area contributed by atoms with E-state index in [1.54, 1.807) is 30.5 Å². The van der Waals surface area contributed by atoms with Crippen molar-refractivity contribution < 1.29 is 9.59 Å². The van der Waals surface area contributed by atoms with Crippen molar-refractivity contribution >= 4 is 23.2 Å². The van der Waals surface area contributed by atoms with Gasteiger partial charge in [-0.2, -0.15) is 5.10 Å². The summed E-state index contributed by atoms with van der Waals surface area (Å²) in [6.45, 7) is 0.271. The molecule has 0 radical (unpaired) electrons. The van der Waals surface area contributed by atoms with Crippen molar-refractivity contribution in [2.45, 2.75) is 0 Å². The van der Waals surface area contributed by atoms with Crippen molar-refractivity contribution in [3.63, 3.8) is 0 Å². The van der Waals surface area contributed by atoms with Crippen molar-refractivity contribution in [1.29, 1.82) is 0 Å². The number of H-pyrrole nitrogens is 1. The zero-order valence-electron chi connectivity index (χ0n) is 10.8. The number of carbonyl (C=O) groups excluding carboxylic acids is 2. The summed E-state index contributed by atoms with van der Waals surface area (Å²) in [5.41, 5.74) is 1.13. The second-order valence-electron chi connectivity index (χ2n) is 3.87. The molecule has 2 aromatic heterocycles. The number of nitrogens with one attached hydrogen (secondary N) is 3. The monoisotopic (exact) mass is 290 g/mol. The molecular weight excluding hydrogens is 276 g/mol. The molecule has 0 aliphatic rings. The first-order valence-corrected chi connectivity index (χ1v) is 6.84. The number of aromatic amines is 1. The van der Waals surface area contributed by atoms with Gasteiger partial charge < -0.3 is 10.6 Å². The number of carbonyl (C=O) groups is 2. The topological polar surface area (TPSA) is 86.9 Å². The van der Waals surface area contributed by atoms with E-state index in [0.29, 0.717) is 5.69 Å². The third-order valence-corrected chi connectivity index (χ3v) is 3.40. The van der Waals surface area contributed by atoms with Crippen molar-refractivity contribution in [3.05, 3.63) is 41.4 Å². The first kappa shape index (κ1) is 14.0. The maximum absolute atomic E-state index is 11.8. The zero-order valence-corrected chi connectivity index (χ0v) is 11.7. The average Bonchev–Trinajstić information content (AvgIpc) is 3.12. The summed E-state index contributed by atoms with van der Waals surface area (Å²) in [6.07, 6.45) is 2.94. The highest BCUT2D eigenvalue weighted by molar-refractivity contribution is 7.13. The summed E-state index contributed by atoms with van der Waals surface area (Å²) in [7, 11) is 1.54. The predicted octanol–water partition coefficient (Wildman–Crippen LogP) is 1.17. The SMILES string of the molecule is CNC(=O)/C=C/CNC(=O)c1cc(-c2cccs2)[nH]n1. The van der Waals surface area contributed by atoms with Gasteiger partial charge in [0.15, 0.2) is 5.69 Å². The molecule has 2 rings (SSSR count). The molecule has 0 fully saturated rings. The Bertz CT molecular complexity index is 616. The molecule has 0 atom stereocenters. The standard InChI is InChI=1S/C13H14N4O2S/c1-14-12(18)5-2-6-15-13(19)10-8-9(16-17-10)11-4-3-7-20-11/h2-5,7-8H,6H2,1H3,(H,14,18)(H,15,19)(H,16,17)/b5-2+. The normalized spacial score (nSPS) is 10.7. The maximum Gasteiger partial charge on any atom is 0.272 e. The van der Waals surface area contributed by atoms with Crippen LogP contribution in [0.1, 0.15) is 10.5 Å². The van der Waals surface area contributed by atoms with E-state index in [9.17, 15) is 9.59 Å². The fourth-order valence-electron chi connectivity index (χ4n) is 1.49. The Kier molecular flexibility index (Phi) is 4.67. The van der Waals surface area contributed by atoms with Crippen LogP contribution >= 0.6 is 11.3 Å². The number of nitrogens with zero attached hydrogens (tertiary/aromatic N) is 1. The number of hydrogen-bond acceptors (Lipinski definition) is 4. The number of thiophene rings is 1. The lowest BCUT2D eigenvalue weighted by Crippen LogP contribution is -2.24. The maximum atomic E-state index is 11.8. The molecule has 20 heavy (non-hydrogen) atoms. The van der Waals surface area contributed by atoms with E-state index in [4.69, 9.17) is 0 Å². The highest BCUT2D eigenvalue weighted by Gasteiger charge is 2.10. The summed E-state index contributed by atoms with van der Waals surface area (Å²) < 4.78 is 0. The van der Waals surface area contributed by atoms with Crippen LogP contribution in [0.5, 0.6) is 0 Å². The highest BCUT2D eigenvalue weighted by atomic mass is 32.1. The Hall–Kier alpha value is -2.41. The molecule has 6 nitrogen and oxygen atoms in total. The van der Waals surface area contributed by atoms with Gasteiger partial charge in [0, 0.05) is 19.7 Å². The zero-order chi connectivity index (χ0) is 14.4. The van der Waals surface area contributed by atoms with Crippen molar-refractivity contribution in [2.24, 2.45) is 0 Å². The molecule has 3 N–H and O–H groups in total. The van der Waals surface area contributed by atoms with Crippen LogP contribution in [-0.4, -0.2) is 35.6 Å². The van der Waals surface area contributed by atoms with Gasteiger partial charge in [-0.25, -0.2) is 0 Å². The Labute approximate surface area is 119 Å². The van der Waals surface area contributed by atoms with Gasteiger partial charge in [-0.1, -0.05) is 12.1 Å². The second-order valence-corrected chi connectivity index (χ2v) is 4.82. The van der Waals surface area contributed by atoms with Crippen LogP contribution in [0.4, 0.5) is 0 Å². The minimum absolute atomic E-state index is 0.209. The van der Waals surface area contributed by atoms with Crippen LogP contribution in [0.3, 0.4) is 0 Å². The van der Waals surface area contributed by atoms with E-state index < -0.39 is 0 Å². The fraction of sp³-hybridized carbons (Fsp3) is 0.154. The second kappa shape index (κ2) is 6.67. The Morgan fingerprint density at radius 1 is 1.50 bits per heavy atom. The molecule has 0 spiro atoms. The molecule has 0 aliphatic heterocycles. The summed E-state index contributed by atoms with van der Waals surface area (Å²) in [6, 6.07) is 5.58. The molecule has 2 heterocycles. The van der Waals surface area contributed by atoms with Gasteiger partial charge in [-0.05, 0) is 17.5 Å². The third kappa shape index (κ3) is 3.55. The van der Waals surface area contributed by atoms with Gasteiger partial charge >= 0.3 is 0 Å². The quantitative estimate of drug-likeness (QED) is 0.722. The van der Waals surface area contributed by atoms with Gasteiger partial charge in [0.1, 0.15) is 0 Å². The van der Waals surface area contributed by atoms with Gasteiger partial charge in [0.2, 0.25) is 5.91 Å². The van der Waals surface area contributed by atoms with Crippen LogP contribution in [0, 0.1) is 0 Å². The average molecular weight is 290 g/mol. The van der Waals surface area contributed by atoms with E-state index in [-0.39, 0.29) is 18.4 Å².